The molecule has 70 valence electrons. The van der Waals surface area contributed by atoms with Crippen molar-refractivity contribution < 1.29 is 0 Å². The monoisotopic (exact) mass is 213 g/mol. The number of rotatable bonds is 3. The largest absolute Gasteiger partial charge is 0.398 e. The van der Waals surface area contributed by atoms with Gasteiger partial charge >= 0.3 is 0 Å². The molecule has 0 aromatic heterocycles. The van der Waals surface area contributed by atoms with Gasteiger partial charge < -0.3 is 5.73 Å². The van der Waals surface area contributed by atoms with Gasteiger partial charge in [-0.3, -0.25) is 0 Å². The third-order valence-corrected chi connectivity index (χ3v) is 3.12. The van der Waals surface area contributed by atoms with Crippen LogP contribution < -0.4 is 5.73 Å². The highest BCUT2D eigenvalue weighted by Crippen LogP contribution is 2.28. The molecule has 0 atom stereocenters. The number of hydrogen-bond donors (Lipinski definition) is 1. The summed E-state index contributed by atoms with van der Waals surface area (Å²) in [5.74, 6) is 0.704. The molecular weight excluding hydrogens is 202 g/mol. The summed E-state index contributed by atoms with van der Waals surface area (Å²) >= 11 is 7.28. The van der Waals surface area contributed by atoms with Crippen LogP contribution in [0.25, 0.3) is 0 Å². The second-order valence-electron chi connectivity index (χ2n) is 2.79. The molecule has 13 heavy (non-hydrogen) atoms. The summed E-state index contributed by atoms with van der Waals surface area (Å²) < 4.78 is 0. The number of halogens is 1. The first-order chi connectivity index (χ1) is 6.11. The molecule has 1 aromatic rings. The van der Waals surface area contributed by atoms with E-state index in [0.29, 0.717) is 10.8 Å². The molecule has 1 rings (SSSR count). The Hall–Kier alpha value is -0.600. The van der Waals surface area contributed by atoms with Gasteiger partial charge in [-0.1, -0.05) is 30.3 Å². The van der Waals surface area contributed by atoms with E-state index in [1.165, 1.54) is 0 Å². The summed E-state index contributed by atoms with van der Waals surface area (Å²) in [4.78, 5) is 1.07. The molecule has 0 aliphatic rings. The van der Waals surface area contributed by atoms with Crippen molar-refractivity contribution in [2.45, 2.75) is 11.8 Å². The lowest BCUT2D eigenvalue weighted by molar-refractivity contribution is 1.36. The van der Waals surface area contributed by atoms with E-state index in [1.54, 1.807) is 11.8 Å². The molecule has 1 aromatic carbocycles. The van der Waals surface area contributed by atoms with Crippen molar-refractivity contribution in [3.63, 3.8) is 0 Å². The highest BCUT2D eigenvalue weighted by molar-refractivity contribution is 7.99. The molecule has 0 unspecified atom stereocenters. The lowest BCUT2D eigenvalue weighted by atomic mass is 10.2. The predicted octanol–water partition coefficient (Wildman–Crippen LogP) is 3.42. The van der Waals surface area contributed by atoms with Gasteiger partial charge in [0.25, 0.3) is 0 Å². The summed E-state index contributed by atoms with van der Waals surface area (Å²) in [7, 11) is 0. The van der Waals surface area contributed by atoms with Crippen molar-refractivity contribution in [3.05, 3.63) is 35.4 Å². The van der Waals surface area contributed by atoms with Gasteiger partial charge in [0.2, 0.25) is 0 Å². The molecule has 0 amide bonds. The van der Waals surface area contributed by atoms with Gasteiger partial charge in [0.05, 0.1) is 0 Å². The first-order valence-electron chi connectivity index (χ1n) is 3.92. The SMILES string of the molecule is C=C(Cl)CSc1cccc(C)c1N. The van der Waals surface area contributed by atoms with Gasteiger partial charge in [-0.2, -0.15) is 0 Å². The van der Waals surface area contributed by atoms with Crippen LogP contribution in [0.3, 0.4) is 0 Å². The molecule has 0 saturated carbocycles. The van der Waals surface area contributed by atoms with Crippen LogP contribution in [0.15, 0.2) is 34.7 Å². The van der Waals surface area contributed by atoms with E-state index in [0.717, 1.165) is 16.1 Å². The summed E-state index contributed by atoms with van der Waals surface area (Å²) in [6.45, 7) is 5.62. The Morgan fingerprint density at radius 2 is 2.31 bits per heavy atom. The van der Waals surface area contributed by atoms with Crippen molar-refractivity contribution in [3.8, 4) is 0 Å². The van der Waals surface area contributed by atoms with Gasteiger partial charge in [-0.15, -0.1) is 11.8 Å². The average molecular weight is 214 g/mol. The van der Waals surface area contributed by atoms with Crippen LogP contribution in [0.2, 0.25) is 0 Å². The van der Waals surface area contributed by atoms with E-state index < -0.39 is 0 Å². The molecule has 1 nitrogen and oxygen atoms in total. The Morgan fingerprint density at radius 3 is 2.92 bits per heavy atom. The molecule has 0 saturated heterocycles. The molecule has 0 aliphatic carbocycles. The Labute approximate surface area is 88.0 Å². The minimum absolute atomic E-state index is 0.644. The number of nitrogens with two attached hydrogens (primary N) is 1. The van der Waals surface area contributed by atoms with Crippen LogP contribution in [0.5, 0.6) is 0 Å². The smallest absolute Gasteiger partial charge is 0.0482 e. The third-order valence-electron chi connectivity index (χ3n) is 1.67. The van der Waals surface area contributed by atoms with Gasteiger partial charge in [0.15, 0.2) is 0 Å². The second kappa shape index (κ2) is 4.58. The Bertz CT molecular complexity index is 323. The summed E-state index contributed by atoms with van der Waals surface area (Å²) in [6, 6.07) is 5.98. The van der Waals surface area contributed by atoms with E-state index in [-0.39, 0.29) is 0 Å². The van der Waals surface area contributed by atoms with Gasteiger partial charge in [0, 0.05) is 21.4 Å². The normalized spacial score (nSPS) is 10.0. The average Bonchev–Trinajstić information content (AvgIpc) is 2.07. The molecule has 0 fully saturated rings. The zero-order chi connectivity index (χ0) is 9.84. The molecule has 0 radical (unpaired) electrons. The zero-order valence-electron chi connectivity index (χ0n) is 7.51. The second-order valence-corrected chi connectivity index (χ2v) is 4.34. The van der Waals surface area contributed by atoms with Crippen molar-refractivity contribution in [1.82, 2.24) is 0 Å². The number of para-hydroxylation sites is 1. The van der Waals surface area contributed by atoms with Crippen LogP contribution in [0.1, 0.15) is 5.56 Å². The van der Waals surface area contributed by atoms with E-state index in [1.807, 2.05) is 25.1 Å². The number of thioether (sulfide) groups is 1. The number of benzene rings is 1. The first kappa shape index (κ1) is 10.5. The Balaban J connectivity index is 2.77. The Morgan fingerprint density at radius 1 is 1.62 bits per heavy atom. The maximum absolute atomic E-state index is 5.88. The van der Waals surface area contributed by atoms with Crippen LogP contribution >= 0.6 is 23.4 Å². The number of nitrogen functional groups attached to an aromatic ring is 1. The standard InChI is InChI=1S/C10H12ClNS/c1-7-4-3-5-9(10(7)12)13-6-8(2)11/h3-5H,2,6,12H2,1H3. The molecule has 0 aliphatic heterocycles. The lowest BCUT2D eigenvalue weighted by Gasteiger charge is -2.06. The van der Waals surface area contributed by atoms with Gasteiger partial charge in [-0.05, 0) is 18.6 Å². The maximum Gasteiger partial charge on any atom is 0.0482 e. The summed E-state index contributed by atoms with van der Waals surface area (Å²) in [5, 5.41) is 0.644. The van der Waals surface area contributed by atoms with E-state index in [4.69, 9.17) is 17.3 Å². The molecular formula is C10H12ClNS. The molecule has 0 bridgehead atoms. The van der Waals surface area contributed by atoms with Crippen LogP contribution in [-0.2, 0) is 0 Å². The fourth-order valence-electron chi connectivity index (χ4n) is 0.936. The third kappa shape index (κ3) is 2.98. The van der Waals surface area contributed by atoms with Crippen molar-refractivity contribution in [2.24, 2.45) is 0 Å². The molecule has 0 spiro atoms. The van der Waals surface area contributed by atoms with Gasteiger partial charge in [0.1, 0.15) is 0 Å². The van der Waals surface area contributed by atoms with E-state index in [2.05, 4.69) is 6.58 Å². The zero-order valence-corrected chi connectivity index (χ0v) is 9.08. The van der Waals surface area contributed by atoms with Crippen molar-refractivity contribution >= 4 is 29.1 Å². The Kier molecular flexibility index (Phi) is 3.70. The predicted molar refractivity (Wildman–Crippen MR) is 61.3 cm³/mol. The number of aryl methyl sites for hydroxylation is 1. The quantitative estimate of drug-likeness (QED) is 0.615. The molecule has 0 heterocycles. The molecule has 3 heteroatoms. The van der Waals surface area contributed by atoms with E-state index >= 15 is 0 Å². The number of anilines is 1. The first-order valence-corrected chi connectivity index (χ1v) is 5.29. The maximum atomic E-state index is 5.88. The van der Waals surface area contributed by atoms with Crippen LogP contribution in [-0.4, -0.2) is 5.75 Å². The fourth-order valence-corrected chi connectivity index (χ4v) is 1.90. The van der Waals surface area contributed by atoms with Gasteiger partial charge in [-0.25, -0.2) is 0 Å². The summed E-state index contributed by atoms with van der Waals surface area (Å²) in [6.07, 6.45) is 0. The highest BCUT2D eigenvalue weighted by Gasteiger charge is 2.01. The minimum atomic E-state index is 0.644. The van der Waals surface area contributed by atoms with Crippen molar-refractivity contribution in [1.29, 1.82) is 0 Å². The van der Waals surface area contributed by atoms with Crippen LogP contribution in [0, 0.1) is 6.92 Å². The molecule has 2 N–H and O–H groups in total. The lowest BCUT2D eigenvalue weighted by Crippen LogP contribution is -1.92. The minimum Gasteiger partial charge on any atom is -0.398 e. The summed E-state index contributed by atoms with van der Waals surface area (Å²) in [5.41, 5.74) is 7.82. The van der Waals surface area contributed by atoms with Crippen molar-refractivity contribution in [2.75, 3.05) is 11.5 Å². The van der Waals surface area contributed by atoms with E-state index in [9.17, 15) is 0 Å². The topological polar surface area (TPSA) is 26.0 Å². The highest BCUT2D eigenvalue weighted by atomic mass is 35.5. The fraction of sp³-hybridized carbons (Fsp3) is 0.200. The van der Waals surface area contributed by atoms with Crippen LogP contribution in [0.4, 0.5) is 5.69 Å². The number of hydrogen-bond acceptors (Lipinski definition) is 2.